The minimum atomic E-state index is -4.58. The van der Waals surface area contributed by atoms with Crippen molar-refractivity contribution in [3.8, 4) is 5.75 Å². The molecule has 33 heavy (non-hydrogen) atoms. The van der Waals surface area contributed by atoms with Crippen molar-refractivity contribution in [2.75, 3.05) is 19.8 Å². The number of hydrogen-bond donors (Lipinski definition) is 2. The summed E-state index contributed by atoms with van der Waals surface area (Å²) in [6.07, 6.45) is -3.75. The SMILES string of the molecule is NC(CO)(CCc1ccc(OCCc2ccc3ccccc3c2)c(C(F)(F)F)c1)CO[PH2]=O. The summed E-state index contributed by atoms with van der Waals surface area (Å²) in [6, 6.07) is 17.7. The predicted octanol–water partition coefficient (Wildman–Crippen LogP) is 4.79. The molecule has 0 amide bonds. The Morgan fingerprint density at radius 3 is 2.33 bits per heavy atom. The number of aryl methyl sites for hydroxylation is 1. The highest BCUT2D eigenvalue weighted by Crippen LogP contribution is 2.37. The van der Waals surface area contributed by atoms with Crippen LogP contribution in [0.3, 0.4) is 0 Å². The lowest BCUT2D eigenvalue weighted by atomic mass is 9.93. The van der Waals surface area contributed by atoms with E-state index in [1.807, 2.05) is 42.5 Å². The van der Waals surface area contributed by atoms with Crippen LogP contribution < -0.4 is 10.5 Å². The fraction of sp³-hybridized carbons (Fsp3) is 0.333. The molecule has 0 heterocycles. The van der Waals surface area contributed by atoms with Crippen molar-refractivity contribution in [2.45, 2.75) is 31.0 Å². The third-order valence-corrected chi connectivity index (χ3v) is 5.78. The van der Waals surface area contributed by atoms with Gasteiger partial charge in [0.05, 0.1) is 30.9 Å². The van der Waals surface area contributed by atoms with Gasteiger partial charge in [-0.1, -0.05) is 48.5 Å². The van der Waals surface area contributed by atoms with Crippen molar-refractivity contribution in [1.82, 2.24) is 0 Å². The van der Waals surface area contributed by atoms with Crippen LogP contribution in [-0.2, 0) is 28.1 Å². The minimum Gasteiger partial charge on any atom is -0.493 e. The van der Waals surface area contributed by atoms with Crippen LogP contribution in [0, 0.1) is 0 Å². The van der Waals surface area contributed by atoms with Gasteiger partial charge in [0.15, 0.2) is 8.69 Å². The highest BCUT2D eigenvalue weighted by molar-refractivity contribution is 7.17. The van der Waals surface area contributed by atoms with Crippen molar-refractivity contribution in [2.24, 2.45) is 5.73 Å². The molecule has 9 heteroatoms. The van der Waals surface area contributed by atoms with E-state index in [1.54, 1.807) is 6.07 Å². The molecule has 3 aromatic carbocycles. The van der Waals surface area contributed by atoms with Gasteiger partial charge in [-0.3, -0.25) is 4.57 Å². The topological polar surface area (TPSA) is 81.8 Å². The molecule has 0 saturated heterocycles. The van der Waals surface area contributed by atoms with Gasteiger partial charge in [-0.15, -0.1) is 0 Å². The monoisotopic (exact) mass is 481 g/mol. The lowest BCUT2D eigenvalue weighted by molar-refractivity contribution is -0.139. The van der Waals surface area contributed by atoms with Gasteiger partial charge in [-0.2, -0.15) is 13.2 Å². The molecule has 0 fully saturated rings. The van der Waals surface area contributed by atoms with E-state index in [4.69, 9.17) is 15.0 Å². The first-order chi connectivity index (χ1) is 15.7. The van der Waals surface area contributed by atoms with Crippen LogP contribution in [0.1, 0.15) is 23.1 Å². The van der Waals surface area contributed by atoms with Gasteiger partial charge in [0.1, 0.15) is 5.75 Å². The number of rotatable bonds is 11. The van der Waals surface area contributed by atoms with E-state index in [-0.39, 0.29) is 31.8 Å². The predicted molar refractivity (Wildman–Crippen MR) is 123 cm³/mol. The van der Waals surface area contributed by atoms with Crippen LogP contribution in [0.5, 0.6) is 5.75 Å². The summed E-state index contributed by atoms with van der Waals surface area (Å²) in [5.41, 5.74) is 5.34. The number of benzene rings is 3. The molecular weight excluding hydrogens is 454 g/mol. The number of aliphatic hydroxyl groups excluding tert-OH is 1. The zero-order valence-electron chi connectivity index (χ0n) is 18.0. The van der Waals surface area contributed by atoms with Gasteiger partial charge < -0.3 is 20.1 Å². The van der Waals surface area contributed by atoms with E-state index in [9.17, 15) is 22.8 Å². The molecule has 3 rings (SSSR count). The molecule has 0 saturated carbocycles. The van der Waals surface area contributed by atoms with Crippen molar-refractivity contribution in [3.05, 3.63) is 77.4 Å². The molecule has 0 aromatic heterocycles. The van der Waals surface area contributed by atoms with E-state index in [0.717, 1.165) is 22.4 Å². The first kappa shape index (κ1) is 25.2. The summed E-state index contributed by atoms with van der Waals surface area (Å²) in [6.45, 7) is -0.467. The van der Waals surface area contributed by atoms with Gasteiger partial charge in [0, 0.05) is 6.42 Å². The van der Waals surface area contributed by atoms with Crippen LogP contribution in [0.2, 0.25) is 0 Å². The quantitative estimate of drug-likeness (QED) is 0.385. The number of ether oxygens (including phenoxy) is 1. The van der Waals surface area contributed by atoms with Gasteiger partial charge in [0.2, 0.25) is 0 Å². The molecule has 0 radical (unpaired) electrons. The molecule has 0 spiro atoms. The largest absolute Gasteiger partial charge is 0.493 e. The van der Waals surface area contributed by atoms with Crippen LogP contribution in [0.15, 0.2) is 60.7 Å². The first-order valence-corrected chi connectivity index (χ1v) is 11.4. The Hall–Kier alpha value is -2.38. The third kappa shape index (κ3) is 7.05. The number of aliphatic hydroxyl groups is 1. The summed E-state index contributed by atoms with van der Waals surface area (Å²) >= 11 is 0. The molecule has 178 valence electrons. The Labute approximate surface area is 191 Å². The highest BCUT2D eigenvalue weighted by atomic mass is 31.1. The molecule has 3 N–H and O–H groups in total. The zero-order valence-corrected chi connectivity index (χ0v) is 19.1. The Bertz CT molecular complexity index is 1090. The first-order valence-electron chi connectivity index (χ1n) is 10.5. The van der Waals surface area contributed by atoms with Gasteiger partial charge in [0.25, 0.3) is 0 Å². The number of fused-ring (bicyclic) bond motifs is 1. The maximum absolute atomic E-state index is 13.7. The lowest BCUT2D eigenvalue weighted by Crippen LogP contribution is -2.47. The van der Waals surface area contributed by atoms with E-state index < -0.39 is 32.6 Å². The second kappa shape index (κ2) is 11.2. The molecule has 2 atom stereocenters. The molecular formula is C24H27F3NO4P. The van der Waals surface area contributed by atoms with E-state index in [0.29, 0.717) is 12.0 Å². The molecule has 0 aliphatic rings. The maximum Gasteiger partial charge on any atom is 0.419 e. The van der Waals surface area contributed by atoms with Crippen LogP contribution in [0.25, 0.3) is 10.8 Å². The van der Waals surface area contributed by atoms with E-state index in [2.05, 4.69) is 0 Å². The normalized spacial score (nSPS) is 14.1. The number of halogens is 3. The Morgan fingerprint density at radius 1 is 0.939 bits per heavy atom. The molecule has 0 aliphatic carbocycles. The molecule has 5 nitrogen and oxygen atoms in total. The summed E-state index contributed by atoms with van der Waals surface area (Å²) in [5.74, 6) is -0.230. The second-order valence-corrected chi connectivity index (χ2v) is 8.56. The van der Waals surface area contributed by atoms with Gasteiger partial charge in [-0.25, -0.2) is 0 Å². The summed E-state index contributed by atoms with van der Waals surface area (Å²) in [5, 5.41) is 11.6. The fourth-order valence-corrected chi connectivity index (χ4v) is 3.94. The Morgan fingerprint density at radius 2 is 1.64 bits per heavy atom. The summed E-state index contributed by atoms with van der Waals surface area (Å²) < 4.78 is 61.9. The Balaban J connectivity index is 1.67. The van der Waals surface area contributed by atoms with Gasteiger partial charge >= 0.3 is 6.18 Å². The second-order valence-electron chi connectivity index (χ2n) is 8.04. The molecule has 2 unspecified atom stereocenters. The summed E-state index contributed by atoms with van der Waals surface area (Å²) in [4.78, 5) is 0. The maximum atomic E-state index is 13.7. The highest BCUT2D eigenvalue weighted by Gasteiger charge is 2.35. The van der Waals surface area contributed by atoms with Crippen molar-refractivity contribution in [1.29, 1.82) is 0 Å². The standard InChI is InChI=1S/C24H27F3NO4P/c25-24(26,27)21-14-17(9-11-23(28,15-29)16-32-33-30)6-8-22(21)31-12-10-18-5-7-19-3-1-2-4-20(19)13-18/h1-8,13-14,29H,9-12,15-16,28,33H2. The van der Waals surface area contributed by atoms with Crippen molar-refractivity contribution in [3.63, 3.8) is 0 Å². The number of hydrogen-bond acceptors (Lipinski definition) is 5. The number of nitrogens with two attached hydrogens (primary N) is 1. The minimum absolute atomic E-state index is 0.103. The molecule has 3 aromatic rings. The average Bonchev–Trinajstić information content (AvgIpc) is 2.81. The Kier molecular flexibility index (Phi) is 8.54. The smallest absolute Gasteiger partial charge is 0.419 e. The van der Waals surface area contributed by atoms with E-state index >= 15 is 0 Å². The molecule has 0 bridgehead atoms. The van der Waals surface area contributed by atoms with Crippen molar-refractivity contribution >= 4 is 19.5 Å². The van der Waals surface area contributed by atoms with Gasteiger partial charge in [-0.05, 0) is 46.9 Å². The van der Waals surface area contributed by atoms with Crippen LogP contribution in [0.4, 0.5) is 13.2 Å². The number of alkyl halides is 3. The van der Waals surface area contributed by atoms with Crippen LogP contribution >= 0.6 is 8.69 Å². The lowest BCUT2D eigenvalue weighted by Gasteiger charge is -2.26. The zero-order chi connectivity index (χ0) is 23.9. The average molecular weight is 481 g/mol. The summed E-state index contributed by atoms with van der Waals surface area (Å²) in [7, 11) is -1.48. The third-order valence-electron chi connectivity index (χ3n) is 5.48. The van der Waals surface area contributed by atoms with E-state index in [1.165, 1.54) is 6.07 Å². The molecule has 0 aliphatic heterocycles. The fourth-order valence-electron chi connectivity index (χ4n) is 3.54. The van der Waals surface area contributed by atoms with Crippen LogP contribution in [-0.4, -0.2) is 30.5 Å². The van der Waals surface area contributed by atoms with Crippen molar-refractivity contribution < 1.29 is 32.1 Å².